The molecule has 1 atom stereocenters. The topological polar surface area (TPSA) is 46.6 Å². The van der Waals surface area contributed by atoms with Crippen LogP contribution in [0.3, 0.4) is 0 Å². The molecule has 1 aliphatic heterocycles. The first-order valence-corrected chi connectivity index (χ1v) is 6.39. The highest BCUT2D eigenvalue weighted by atomic mass is 16.5. The number of aromatic nitrogens is 1. The van der Waals surface area contributed by atoms with E-state index in [4.69, 9.17) is 9.47 Å². The van der Waals surface area contributed by atoms with Crippen molar-refractivity contribution in [2.75, 3.05) is 45.2 Å². The Morgan fingerprint density at radius 1 is 1.56 bits per heavy atom. The quantitative estimate of drug-likeness (QED) is 0.852. The van der Waals surface area contributed by atoms with E-state index in [2.05, 4.69) is 22.1 Å². The number of anilines is 1. The highest BCUT2D eigenvalue weighted by Gasteiger charge is 2.18. The van der Waals surface area contributed by atoms with Gasteiger partial charge in [0.05, 0.1) is 26.0 Å². The lowest BCUT2D eigenvalue weighted by atomic mass is 10.2. The second-order valence-corrected chi connectivity index (χ2v) is 4.35. The molecule has 0 amide bonds. The lowest BCUT2D eigenvalue weighted by molar-refractivity contribution is -0.0192. The summed E-state index contributed by atoms with van der Waals surface area (Å²) in [4.78, 5) is 6.67. The number of nitrogens with zero attached hydrogens (tertiary/aromatic N) is 2. The van der Waals surface area contributed by atoms with Crippen molar-refractivity contribution in [1.82, 2.24) is 9.88 Å². The molecule has 1 aliphatic rings. The zero-order valence-electron chi connectivity index (χ0n) is 11.1. The molecule has 2 rings (SSSR count). The summed E-state index contributed by atoms with van der Waals surface area (Å²) in [5, 5.41) is 3.29. The monoisotopic (exact) mass is 251 g/mol. The zero-order chi connectivity index (χ0) is 12.8. The van der Waals surface area contributed by atoms with Crippen LogP contribution in [0.25, 0.3) is 0 Å². The third-order valence-electron chi connectivity index (χ3n) is 3.15. The molecule has 0 bridgehead atoms. The van der Waals surface area contributed by atoms with Crippen molar-refractivity contribution in [3.05, 3.63) is 18.3 Å². The summed E-state index contributed by atoms with van der Waals surface area (Å²) in [5.74, 6) is 1.62. The van der Waals surface area contributed by atoms with Crippen molar-refractivity contribution in [2.24, 2.45) is 0 Å². The summed E-state index contributed by atoms with van der Waals surface area (Å²) >= 11 is 0. The Balaban J connectivity index is 1.79. The van der Waals surface area contributed by atoms with E-state index < -0.39 is 0 Å². The predicted molar refractivity (Wildman–Crippen MR) is 71.1 cm³/mol. The van der Waals surface area contributed by atoms with Gasteiger partial charge in [-0.15, -0.1) is 0 Å². The van der Waals surface area contributed by atoms with Gasteiger partial charge in [0.25, 0.3) is 0 Å². The third kappa shape index (κ3) is 3.58. The fourth-order valence-corrected chi connectivity index (χ4v) is 2.02. The standard InChI is InChI=1S/C13H21N3O2/c1-3-16-6-7-18-12(10-16)9-15-13-5-4-11(17-2)8-14-13/h4-5,8,12H,3,6-7,9-10H2,1-2H3,(H,14,15). The molecule has 1 aromatic rings. The molecule has 1 saturated heterocycles. The van der Waals surface area contributed by atoms with Crippen molar-refractivity contribution >= 4 is 5.82 Å². The number of pyridine rings is 1. The van der Waals surface area contributed by atoms with Gasteiger partial charge in [0.15, 0.2) is 0 Å². The Morgan fingerprint density at radius 2 is 2.44 bits per heavy atom. The second kappa shape index (κ2) is 6.56. The van der Waals surface area contributed by atoms with Crippen LogP contribution in [0.2, 0.25) is 0 Å². The van der Waals surface area contributed by atoms with Gasteiger partial charge in [-0.05, 0) is 18.7 Å². The van der Waals surface area contributed by atoms with Crippen LogP contribution in [0.1, 0.15) is 6.92 Å². The maximum Gasteiger partial charge on any atom is 0.137 e. The van der Waals surface area contributed by atoms with Crippen molar-refractivity contribution in [3.63, 3.8) is 0 Å². The van der Waals surface area contributed by atoms with E-state index in [0.717, 1.165) is 44.4 Å². The number of methoxy groups -OCH3 is 1. The predicted octanol–water partition coefficient (Wildman–Crippen LogP) is 1.22. The van der Waals surface area contributed by atoms with Gasteiger partial charge in [0, 0.05) is 19.6 Å². The normalized spacial score (nSPS) is 20.7. The summed E-state index contributed by atoms with van der Waals surface area (Å²) in [6.07, 6.45) is 1.95. The molecule has 1 N–H and O–H groups in total. The number of likely N-dealkylation sites (N-methyl/N-ethyl adjacent to an activating group) is 1. The van der Waals surface area contributed by atoms with E-state index in [-0.39, 0.29) is 6.10 Å². The van der Waals surface area contributed by atoms with Crippen LogP contribution < -0.4 is 10.1 Å². The average Bonchev–Trinajstić information content (AvgIpc) is 2.46. The first kappa shape index (κ1) is 13.1. The SMILES string of the molecule is CCN1CCOC(CNc2ccc(OC)cn2)C1. The van der Waals surface area contributed by atoms with Crippen LogP contribution in [0.4, 0.5) is 5.82 Å². The highest BCUT2D eigenvalue weighted by Crippen LogP contribution is 2.12. The first-order valence-electron chi connectivity index (χ1n) is 6.39. The number of hydrogen-bond acceptors (Lipinski definition) is 5. The maximum atomic E-state index is 5.72. The fourth-order valence-electron chi connectivity index (χ4n) is 2.02. The van der Waals surface area contributed by atoms with Crippen LogP contribution in [0.15, 0.2) is 18.3 Å². The maximum absolute atomic E-state index is 5.72. The van der Waals surface area contributed by atoms with Gasteiger partial charge in [-0.3, -0.25) is 4.90 Å². The van der Waals surface area contributed by atoms with Gasteiger partial charge in [0.2, 0.25) is 0 Å². The van der Waals surface area contributed by atoms with Crippen molar-refractivity contribution in [1.29, 1.82) is 0 Å². The molecule has 0 radical (unpaired) electrons. The van der Waals surface area contributed by atoms with Gasteiger partial charge in [0.1, 0.15) is 11.6 Å². The molecule has 18 heavy (non-hydrogen) atoms. The van der Waals surface area contributed by atoms with E-state index in [0.29, 0.717) is 0 Å². The molecule has 0 saturated carbocycles. The van der Waals surface area contributed by atoms with Crippen LogP contribution >= 0.6 is 0 Å². The number of morpholine rings is 1. The van der Waals surface area contributed by atoms with Gasteiger partial charge in [-0.25, -0.2) is 4.98 Å². The molecule has 0 aromatic carbocycles. The zero-order valence-corrected chi connectivity index (χ0v) is 11.1. The van der Waals surface area contributed by atoms with Crippen LogP contribution in [0, 0.1) is 0 Å². The Labute approximate surface area is 108 Å². The molecular formula is C13H21N3O2. The number of rotatable bonds is 5. The minimum absolute atomic E-state index is 0.239. The molecule has 2 heterocycles. The average molecular weight is 251 g/mol. The molecule has 1 fully saturated rings. The largest absolute Gasteiger partial charge is 0.495 e. The second-order valence-electron chi connectivity index (χ2n) is 4.35. The summed E-state index contributed by atoms with van der Waals surface area (Å²) in [7, 11) is 1.64. The molecule has 1 aromatic heterocycles. The smallest absolute Gasteiger partial charge is 0.137 e. The molecule has 1 unspecified atom stereocenters. The summed E-state index contributed by atoms with van der Waals surface area (Å²) in [6, 6.07) is 3.81. The van der Waals surface area contributed by atoms with Gasteiger partial charge >= 0.3 is 0 Å². The lowest BCUT2D eigenvalue weighted by Gasteiger charge is -2.32. The van der Waals surface area contributed by atoms with E-state index in [1.165, 1.54) is 0 Å². The van der Waals surface area contributed by atoms with Crippen molar-refractivity contribution < 1.29 is 9.47 Å². The Bertz CT molecular complexity index is 356. The lowest BCUT2D eigenvalue weighted by Crippen LogP contribution is -2.45. The Kier molecular flexibility index (Phi) is 4.78. The van der Waals surface area contributed by atoms with Crippen LogP contribution in [0.5, 0.6) is 5.75 Å². The van der Waals surface area contributed by atoms with Crippen molar-refractivity contribution in [2.45, 2.75) is 13.0 Å². The van der Waals surface area contributed by atoms with Crippen LogP contribution in [-0.4, -0.2) is 55.9 Å². The highest BCUT2D eigenvalue weighted by molar-refractivity contribution is 5.37. The Hall–Kier alpha value is -1.33. The number of nitrogens with one attached hydrogen (secondary N) is 1. The molecule has 100 valence electrons. The third-order valence-corrected chi connectivity index (χ3v) is 3.15. The molecule has 0 spiro atoms. The number of hydrogen-bond donors (Lipinski definition) is 1. The Morgan fingerprint density at radius 3 is 3.11 bits per heavy atom. The van der Waals surface area contributed by atoms with E-state index in [9.17, 15) is 0 Å². The molecule has 0 aliphatic carbocycles. The molecule has 5 heteroatoms. The summed E-state index contributed by atoms with van der Waals surface area (Å²) < 4.78 is 10.8. The molecule has 5 nitrogen and oxygen atoms in total. The van der Waals surface area contributed by atoms with Gasteiger partial charge in [-0.2, -0.15) is 0 Å². The van der Waals surface area contributed by atoms with E-state index in [1.807, 2.05) is 12.1 Å². The van der Waals surface area contributed by atoms with E-state index in [1.54, 1.807) is 13.3 Å². The van der Waals surface area contributed by atoms with Gasteiger partial charge in [-0.1, -0.05) is 6.92 Å². The summed E-state index contributed by atoms with van der Waals surface area (Å²) in [6.45, 7) is 6.89. The number of ether oxygens (including phenoxy) is 2. The minimum Gasteiger partial charge on any atom is -0.495 e. The fraction of sp³-hybridized carbons (Fsp3) is 0.615. The summed E-state index contributed by atoms with van der Waals surface area (Å²) in [5.41, 5.74) is 0. The van der Waals surface area contributed by atoms with Gasteiger partial charge < -0.3 is 14.8 Å². The minimum atomic E-state index is 0.239. The van der Waals surface area contributed by atoms with E-state index >= 15 is 0 Å². The van der Waals surface area contributed by atoms with Crippen LogP contribution in [-0.2, 0) is 4.74 Å². The first-order chi connectivity index (χ1) is 8.81. The molecular weight excluding hydrogens is 230 g/mol. The van der Waals surface area contributed by atoms with Crippen molar-refractivity contribution in [3.8, 4) is 5.75 Å².